The molecule has 4 heteroatoms. The van der Waals surface area contributed by atoms with Crippen LogP contribution in [0.25, 0.3) is 0 Å². The lowest BCUT2D eigenvalue weighted by atomic mass is 10.2. The van der Waals surface area contributed by atoms with Gasteiger partial charge in [0, 0.05) is 32.2 Å². The van der Waals surface area contributed by atoms with Crippen LogP contribution in [0.15, 0.2) is 30.3 Å². The number of benzene rings is 1. The molecule has 1 atom stereocenters. The Bertz CT molecular complexity index is 437. The molecule has 0 saturated carbocycles. The second-order valence-electron chi connectivity index (χ2n) is 6.94. The molecule has 1 unspecified atom stereocenters. The van der Waals surface area contributed by atoms with E-state index in [-0.39, 0.29) is 0 Å². The predicted molar refractivity (Wildman–Crippen MR) is 124 cm³/mol. The van der Waals surface area contributed by atoms with E-state index < -0.39 is 0 Å². The Morgan fingerprint density at radius 3 is 1.82 bits per heavy atom. The normalized spacial score (nSPS) is 12.4. The van der Waals surface area contributed by atoms with Crippen LogP contribution in [0, 0.1) is 0 Å². The van der Waals surface area contributed by atoms with Gasteiger partial charge < -0.3 is 14.5 Å². The fraction of sp³-hybridized carbons (Fsp3) is 0.750. The van der Waals surface area contributed by atoms with Gasteiger partial charge in [-0.05, 0) is 38.7 Å². The highest BCUT2D eigenvalue weighted by Gasteiger charge is 2.14. The van der Waals surface area contributed by atoms with Crippen LogP contribution >= 0.6 is 0 Å². The Hall–Kier alpha value is -0.940. The number of hydrogen-bond acceptors (Lipinski definition) is 4. The monoisotopic (exact) mass is 393 g/mol. The largest absolute Gasteiger partial charge is 0.375 e. The highest BCUT2D eigenvalue weighted by Crippen LogP contribution is 2.05. The Morgan fingerprint density at radius 2 is 1.29 bits per heavy atom. The van der Waals surface area contributed by atoms with Crippen molar-refractivity contribution in [2.24, 2.45) is 0 Å². The summed E-state index contributed by atoms with van der Waals surface area (Å²) in [5.41, 5.74) is 1.25. The summed E-state index contributed by atoms with van der Waals surface area (Å²) in [6, 6.07) is 10.9. The molecule has 0 N–H and O–H groups in total. The van der Waals surface area contributed by atoms with E-state index in [1.807, 2.05) is 19.9 Å². The lowest BCUT2D eigenvalue weighted by Gasteiger charge is -2.31. The van der Waals surface area contributed by atoms with Gasteiger partial charge in [-0.3, -0.25) is 4.90 Å². The van der Waals surface area contributed by atoms with E-state index in [0.717, 1.165) is 52.4 Å². The van der Waals surface area contributed by atoms with Gasteiger partial charge in [-0.1, -0.05) is 71.9 Å². The number of rotatable bonds is 15. The van der Waals surface area contributed by atoms with Crippen LogP contribution in [0.2, 0.25) is 0 Å². The van der Waals surface area contributed by atoms with Crippen molar-refractivity contribution < 1.29 is 4.74 Å². The lowest BCUT2D eigenvalue weighted by Crippen LogP contribution is -2.43. The molecule has 1 aromatic carbocycles. The molecular weight excluding hydrogens is 346 g/mol. The molecule has 1 rings (SSSR count). The van der Waals surface area contributed by atoms with E-state index >= 15 is 0 Å². The maximum atomic E-state index is 5.94. The summed E-state index contributed by atoms with van der Waals surface area (Å²) < 4.78 is 5.94. The van der Waals surface area contributed by atoms with Crippen molar-refractivity contribution in [2.45, 2.75) is 61.1 Å². The molecule has 0 aliphatic heterocycles. The Labute approximate surface area is 175 Å². The molecule has 0 aliphatic carbocycles. The van der Waals surface area contributed by atoms with Gasteiger partial charge in [0.15, 0.2) is 0 Å². The maximum absolute atomic E-state index is 5.94. The third kappa shape index (κ3) is 11.8. The summed E-state index contributed by atoms with van der Waals surface area (Å²) in [5.74, 6) is 0. The second-order valence-corrected chi connectivity index (χ2v) is 6.94. The van der Waals surface area contributed by atoms with E-state index in [1.165, 1.54) is 12.1 Å². The minimum absolute atomic E-state index is 0.449. The fourth-order valence-corrected chi connectivity index (χ4v) is 3.24. The number of likely N-dealkylation sites (N-methyl/N-ethyl adjacent to an activating group) is 3. The third-order valence-electron chi connectivity index (χ3n) is 5.28. The minimum Gasteiger partial charge on any atom is -0.375 e. The number of hydrogen-bond donors (Lipinski definition) is 0. The third-order valence-corrected chi connectivity index (χ3v) is 5.28. The van der Waals surface area contributed by atoms with Crippen molar-refractivity contribution in [3.63, 3.8) is 0 Å². The first-order valence-electron chi connectivity index (χ1n) is 11.4. The average Bonchev–Trinajstić information content (AvgIpc) is 2.75. The molecule has 0 fully saturated rings. The quantitative estimate of drug-likeness (QED) is 0.433. The van der Waals surface area contributed by atoms with E-state index in [9.17, 15) is 0 Å². The van der Waals surface area contributed by atoms with Crippen LogP contribution in [-0.4, -0.2) is 79.7 Å². The van der Waals surface area contributed by atoms with Crippen LogP contribution in [0.4, 0.5) is 0 Å². The summed E-state index contributed by atoms with van der Waals surface area (Å²) >= 11 is 0. The SMILES string of the molecule is CC.CCN(CC)CCN(CC)CCN(CC)C(C)COCc1ccccc1. The minimum atomic E-state index is 0.449. The van der Waals surface area contributed by atoms with Gasteiger partial charge >= 0.3 is 0 Å². The standard InChI is InChI=1S/C22H41N3O.C2H6/c1-6-23(7-2)15-16-24(8-3)17-18-25(9-4)21(5)19-26-20-22-13-11-10-12-14-22;1-2/h10-14,21H,6-9,15-20H2,1-5H3;1-2H3. The smallest absolute Gasteiger partial charge is 0.0717 e. The average molecular weight is 394 g/mol. The predicted octanol–water partition coefficient (Wildman–Crippen LogP) is 4.60. The maximum Gasteiger partial charge on any atom is 0.0717 e. The molecule has 28 heavy (non-hydrogen) atoms. The van der Waals surface area contributed by atoms with Crippen molar-refractivity contribution in [2.75, 3.05) is 59.0 Å². The van der Waals surface area contributed by atoms with Gasteiger partial charge in [-0.15, -0.1) is 0 Å². The van der Waals surface area contributed by atoms with Gasteiger partial charge in [0.1, 0.15) is 0 Å². The van der Waals surface area contributed by atoms with Crippen molar-refractivity contribution in [1.82, 2.24) is 14.7 Å². The second kappa shape index (κ2) is 18.1. The van der Waals surface area contributed by atoms with Crippen LogP contribution in [-0.2, 0) is 11.3 Å². The molecule has 0 heterocycles. The summed E-state index contributed by atoms with van der Waals surface area (Å²) in [4.78, 5) is 7.60. The highest BCUT2D eigenvalue weighted by molar-refractivity contribution is 5.13. The van der Waals surface area contributed by atoms with E-state index in [1.54, 1.807) is 0 Å². The molecule has 0 spiro atoms. The molecule has 0 aliphatic rings. The topological polar surface area (TPSA) is 19.0 Å². The molecule has 1 aromatic rings. The van der Waals surface area contributed by atoms with Gasteiger partial charge in [-0.2, -0.15) is 0 Å². The van der Waals surface area contributed by atoms with E-state index in [4.69, 9.17) is 4.74 Å². The van der Waals surface area contributed by atoms with Gasteiger partial charge in [-0.25, -0.2) is 0 Å². The zero-order chi connectivity index (χ0) is 21.2. The first-order chi connectivity index (χ1) is 13.6. The Kier molecular flexibility index (Phi) is 17.5. The highest BCUT2D eigenvalue weighted by atomic mass is 16.5. The van der Waals surface area contributed by atoms with Crippen molar-refractivity contribution >= 4 is 0 Å². The first kappa shape index (κ1) is 27.1. The summed E-state index contributed by atoms with van der Waals surface area (Å²) in [7, 11) is 0. The zero-order valence-corrected chi connectivity index (χ0v) is 19.8. The molecule has 0 aromatic heterocycles. The van der Waals surface area contributed by atoms with Crippen LogP contribution < -0.4 is 0 Å². The molecule has 0 saturated heterocycles. The molecule has 164 valence electrons. The van der Waals surface area contributed by atoms with Crippen LogP contribution in [0.5, 0.6) is 0 Å². The molecule has 0 bridgehead atoms. The Balaban J connectivity index is 0.00000352. The van der Waals surface area contributed by atoms with Crippen molar-refractivity contribution in [3.05, 3.63) is 35.9 Å². The molecular formula is C24H47N3O. The van der Waals surface area contributed by atoms with Gasteiger partial charge in [0.05, 0.1) is 13.2 Å². The summed E-state index contributed by atoms with van der Waals surface area (Å²) in [6.07, 6.45) is 0. The van der Waals surface area contributed by atoms with E-state index in [2.05, 4.69) is 73.6 Å². The fourth-order valence-electron chi connectivity index (χ4n) is 3.24. The van der Waals surface area contributed by atoms with E-state index in [0.29, 0.717) is 12.6 Å². The summed E-state index contributed by atoms with van der Waals surface area (Å²) in [6.45, 7) is 25.8. The Morgan fingerprint density at radius 1 is 0.750 bits per heavy atom. The zero-order valence-electron chi connectivity index (χ0n) is 19.8. The number of nitrogens with zero attached hydrogens (tertiary/aromatic N) is 3. The van der Waals surface area contributed by atoms with Gasteiger partial charge in [0.2, 0.25) is 0 Å². The van der Waals surface area contributed by atoms with Crippen molar-refractivity contribution in [3.8, 4) is 0 Å². The van der Waals surface area contributed by atoms with Gasteiger partial charge in [0.25, 0.3) is 0 Å². The summed E-state index contributed by atoms with van der Waals surface area (Å²) in [5, 5.41) is 0. The van der Waals surface area contributed by atoms with Crippen molar-refractivity contribution in [1.29, 1.82) is 0 Å². The lowest BCUT2D eigenvalue weighted by molar-refractivity contribution is 0.0543. The van der Waals surface area contributed by atoms with Crippen LogP contribution in [0.3, 0.4) is 0 Å². The van der Waals surface area contributed by atoms with Crippen LogP contribution in [0.1, 0.15) is 54.0 Å². The number of ether oxygens (including phenoxy) is 1. The molecule has 4 nitrogen and oxygen atoms in total. The molecule has 0 radical (unpaired) electrons. The first-order valence-corrected chi connectivity index (χ1v) is 11.4. The molecule has 0 amide bonds.